The highest BCUT2D eigenvalue weighted by Crippen LogP contribution is 2.28. The first-order chi connectivity index (χ1) is 9.31. The highest BCUT2D eigenvalue weighted by molar-refractivity contribution is 8.13. The second kappa shape index (κ2) is 7.68. The van der Waals surface area contributed by atoms with E-state index in [0.29, 0.717) is 0 Å². The molecule has 1 aromatic rings. The lowest BCUT2D eigenvalue weighted by Gasteiger charge is -2.27. The van der Waals surface area contributed by atoms with Gasteiger partial charge in [-0.15, -0.1) is 0 Å². The first-order valence-electron chi connectivity index (χ1n) is 6.80. The van der Waals surface area contributed by atoms with Crippen LogP contribution in [-0.2, 0) is 14.3 Å². The molecule has 4 heteroatoms. The van der Waals surface area contributed by atoms with E-state index in [2.05, 4.69) is 0 Å². The molecule has 19 heavy (non-hydrogen) atoms. The maximum absolute atomic E-state index is 12.2. The molecule has 1 fully saturated rings. The van der Waals surface area contributed by atoms with Crippen molar-refractivity contribution in [3.05, 3.63) is 35.9 Å². The zero-order valence-corrected chi connectivity index (χ0v) is 12.0. The van der Waals surface area contributed by atoms with Gasteiger partial charge >= 0.3 is 0 Å². The fourth-order valence-corrected chi connectivity index (χ4v) is 2.71. The molecule has 2 rings (SSSR count). The highest BCUT2D eigenvalue weighted by atomic mass is 32.2. The smallest absolute Gasteiger partial charge is 0.222 e. The van der Waals surface area contributed by atoms with Crippen LogP contribution in [0.25, 0.3) is 0 Å². The fourth-order valence-electron chi connectivity index (χ4n) is 2.09. The fraction of sp³-hybridized carbons (Fsp3) is 0.533. The van der Waals surface area contributed by atoms with Crippen LogP contribution < -0.4 is 0 Å². The quantitative estimate of drug-likeness (QED) is 0.826. The summed E-state index contributed by atoms with van der Waals surface area (Å²) < 4.78 is 11.5. The molecule has 1 saturated heterocycles. The second-order valence-electron chi connectivity index (χ2n) is 4.47. The molecule has 0 N–H and O–H groups in total. The number of rotatable bonds is 5. The number of ether oxygens (including phenoxy) is 2. The average Bonchev–Trinajstić information content (AvgIpc) is 2.47. The van der Waals surface area contributed by atoms with Crippen molar-refractivity contribution in [2.45, 2.75) is 38.6 Å². The molecule has 1 unspecified atom stereocenters. The van der Waals surface area contributed by atoms with Crippen LogP contribution in [0.15, 0.2) is 30.3 Å². The summed E-state index contributed by atoms with van der Waals surface area (Å²) in [5, 5.41) is 0.0582. The number of carbonyl (C=O) groups excluding carboxylic acids is 1. The van der Waals surface area contributed by atoms with E-state index in [1.165, 1.54) is 11.8 Å². The number of hydrogen-bond donors (Lipinski definition) is 0. The van der Waals surface area contributed by atoms with Gasteiger partial charge in [-0.25, -0.2) is 0 Å². The summed E-state index contributed by atoms with van der Waals surface area (Å²) >= 11 is 1.30. The van der Waals surface area contributed by atoms with Gasteiger partial charge in [0.1, 0.15) is 0 Å². The lowest BCUT2D eigenvalue weighted by atomic mass is 10.1. The van der Waals surface area contributed by atoms with Crippen LogP contribution in [0.4, 0.5) is 0 Å². The molecule has 0 radical (unpaired) electrons. The first-order valence-corrected chi connectivity index (χ1v) is 7.78. The van der Waals surface area contributed by atoms with Crippen LogP contribution >= 0.6 is 11.8 Å². The summed E-state index contributed by atoms with van der Waals surface area (Å²) in [5.41, 5.74) is 0.905. The molecule has 1 aromatic carbocycles. The minimum Gasteiger partial charge on any atom is -0.353 e. The Bertz CT molecular complexity index is 388. The predicted octanol–water partition coefficient (Wildman–Crippen LogP) is 3.55. The number of thioether (sulfide) groups is 1. The molecule has 2 atom stereocenters. The Morgan fingerprint density at radius 1 is 1.42 bits per heavy atom. The standard InChI is InChI=1S/C15H20O3S/c1-2-19-15(16)14(12-8-4-3-5-9-12)18-13-10-6-7-11-17-13/h3-5,8-9,13-14H,2,6-7,10-11H2,1H3/t13?,14-/m1/s1. The third-order valence-electron chi connectivity index (χ3n) is 3.03. The summed E-state index contributed by atoms with van der Waals surface area (Å²) in [6, 6.07) is 9.66. The van der Waals surface area contributed by atoms with Crippen molar-refractivity contribution < 1.29 is 14.3 Å². The van der Waals surface area contributed by atoms with Crippen molar-refractivity contribution in [1.29, 1.82) is 0 Å². The van der Waals surface area contributed by atoms with Crippen molar-refractivity contribution in [2.24, 2.45) is 0 Å². The first kappa shape index (κ1) is 14.6. The number of hydrogen-bond acceptors (Lipinski definition) is 4. The minimum absolute atomic E-state index is 0.0582. The average molecular weight is 280 g/mol. The molecule has 0 bridgehead atoms. The third-order valence-corrected chi connectivity index (χ3v) is 3.82. The maximum atomic E-state index is 12.2. The zero-order valence-electron chi connectivity index (χ0n) is 11.2. The van der Waals surface area contributed by atoms with E-state index in [1.54, 1.807) is 0 Å². The molecule has 0 saturated carbocycles. The third kappa shape index (κ3) is 4.34. The van der Waals surface area contributed by atoms with Crippen molar-refractivity contribution >= 4 is 16.9 Å². The monoisotopic (exact) mass is 280 g/mol. The summed E-state index contributed by atoms with van der Waals surface area (Å²) in [6.45, 7) is 2.70. The summed E-state index contributed by atoms with van der Waals surface area (Å²) in [5.74, 6) is 0.761. The Morgan fingerprint density at radius 2 is 2.21 bits per heavy atom. The van der Waals surface area contributed by atoms with Crippen molar-refractivity contribution in [3.63, 3.8) is 0 Å². The predicted molar refractivity (Wildman–Crippen MR) is 77.0 cm³/mol. The molecule has 0 spiro atoms. The van der Waals surface area contributed by atoms with Gasteiger partial charge in [0.15, 0.2) is 12.4 Å². The minimum atomic E-state index is -0.519. The van der Waals surface area contributed by atoms with Crippen LogP contribution in [0.3, 0.4) is 0 Å². The summed E-state index contributed by atoms with van der Waals surface area (Å²) in [7, 11) is 0. The SMILES string of the molecule is CCSC(=O)[C@H](OC1CCCCO1)c1ccccc1. The van der Waals surface area contributed by atoms with Crippen LogP contribution in [0.1, 0.15) is 37.9 Å². The second-order valence-corrected chi connectivity index (χ2v) is 5.74. The van der Waals surface area contributed by atoms with E-state index >= 15 is 0 Å². The topological polar surface area (TPSA) is 35.5 Å². The van der Waals surface area contributed by atoms with E-state index in [-0.39, 0.29) is 11.4 Å². The van der Waals surface area contributed by atoms with Gasteiger partial charge in [-0.3, -0.25) is 4.79 Å². The van der Waals surface area contributed by atoms with Crippen LogP contribution in [-0.4, -0.2) is 23.8 Å². The highest BCUT2D eigenvalue weighted by Gasteiger charge is 2.26. The van der Waals surface area contributed by atoms with Gasteiger partial charge in [0.25, 0.3) is 0 Å². The van der Waals surface area contributed by atoms with Gasteiger partial charge in [-0.05, 0) is 30.6 Å². The van der Waals surface area contributed by atoms with E-state index in [4.69, 9.17) is 9.47 Å². The summed E-state index contributed by atoms with van der Waals surface area (Å²) in [4.78, 5) is 12.2. The van der Waals surface area contributed by atoms with Crippen LogP contribution in [0.2, 0.25) is 0 Å². The van der Waals surface area contributed by atoms with Crippen LogP contribution in [0.5, 0.6) is 0 Å². The van der Waals surface area contributed by atoms with E-state index in [0.717, 1.165) is 37.2 Å². The van der Waals surface area contributed by atoms with Gasteiger partial charge in [0, 0.05) is 6.61 Å². The Labute approximate surface area is 118 Å². The van der Waals surface area contributed by atoms with Gasteiger partial charge in [-0.2, -0.15) is 0 Å². The lowest BCUT2D eigenvalue weighted by molar-refractivity contribution is -0.189. The van der Waals surface area contributed by atoms with Crippen molar-refractivity contribution in [3.8, 4) is 0 Å². The molecule has 0 aromatic heterocycles. The Hall–Kier alpha value is -0.840. The van der Waals surface area contributed by atoms with E-state index in [9.17, 15) is 4.79 Å². The Morgan fingerprint density at radius 3 is 2.84 bits per heavy atom. The molecule has 1 heterocycles. The van der Waals surface area contributed by atoms with Gasteiger partial charge in [0.05, 0.1) is 0 Å². The van der Waals surface area contributed by atoms with Crippen LogP contribution in [0, 0.1) is 0 Å². The molecule has 1 aliphatic rings. The molecule has 0 aliphatic carbocycles. The molecule has 1 aliphatic heterocycles. The normalized spacial score (nSPS) is 21.0. The Balaban J connectivity index is 2.07. The summed E-state index contributed by atoms with van der Waals surface area (Å²) in [6.07, 6.45) is 2.27. The molecule has 0 amide bonds. The van der Waals surface area contributed by atoms with Gasteiger partial charge < -0.3 is 9.47 Å². The van der Waals surface area contributed by atoms with E-state index in [1.807, 2.05) is 37.3 Å². The Kier molecular flexibility index (Phi) is 5.89. The molecular weight excluding hydrogens is 260 g/mol. The van der Waals surface area contributed by atoms with Crippen molar-refractivity contribution in [2.75, 3.05) is 12.4 Å². The molecule has 3 nitrogen and oxygen atoms in total. The van der Waals surface area contributed by atoms with Gasteiger partial charge in [-0.1, -0.05) is 49.0 Å². The molecular formula is C15H20O3S. The van der Waals surface area contributed by atoms with E-state index < -0.39 is 6.10 Å². The maximum Gasteiger partial charge on any atom is 0.222 e. The lowest BCUT2D eigenvalue weighted by Crippen LogP contribution is -2.27. The van der Waals surface area contributed by atoms with Gasteiger partial charge in [0.2, 0.25) is 5.12 Å². The number of benzene rings is 1. The largest absolute Gasteiger partial charge is 0.353 e. The zero-order chi connectivity index (χ0) is 13.5. The number of carbonyl (C=O) groups is 1. The molecule has 104 valence electrons. The van der Waals surface area contributed by atoms with Crippen molar-refractivity contribution in [1.82, 2.24) is 0 Å².